The zero-order valence-corrected chi connectivity index (χ0v) is 8.02. The molecule has 10 heavy (non-hydrogen) atoms. The van der Waals surface area contributed by atoms with Gasteiger partial charge in [-0.15, -0.1) is 0 Å². The van der Waals surface area contributed by atoms with Gasteiger partial charge in [0.25, 0.3) is 10.1 Å². The Morgan fingerprint density at radius 3 is 2.30 bits per heavy atom. The predicted molar refractivity (Wildman–Crippen MR) is 44.1 cm³/mol. The molecule has 0 amide bonds. The van der Waals surface area contributed by atoms with Crippen molar-refractivity contribution < 1.29 is 17.4 Å². The van der Waals surface area contributed by atoms with Gasteiger partial charge >= 0.3 is 51.4 Å². The molecule has 0 atom stereocenters. The Balaban J connectivity index is 0. The molecule has 0 rings (SSSR count). The molecular weight excluding hydrogens is 199 g/mol. The first-order valence-corrected chi connectivity index (χ1v) is 4.93. The monoisotopic (exact) mass is 210 g/mol. The van der Waals surface area contributed by atoms with Crippen molar-refractivity contribution in [2.24, 2.45) is 0 Å². The van der Waals surface area contributed by atoms with E-state index >= 15 is 0 Å². The van der Waals surface area contributed by atoms with Gasteiger partial charge in [0.05, 0.1) is 5.75 Å². The van der Waals surface area contributed by atoms with Gasteiger partial charge in [-0.1, -0.05) is 0 Å². The van der Waals surface area contributed by atoms with E-state index in [1.165, 1.54) is 0 Å². The summed E-state index contributed by atoms with van der Waals surface area (Å²) < 4.78 is 32.9. The minimum atomic E-state index is -3.76. The fourth-order valence-corrected chi connectivity index (χ4v) is 1.16. The molecule has 58 valence electrons. The van der Waals surface area contributed by atoms with Crippen LogP contribution in [0.4, 0.5) is 0 Å². The van der Waals surface area contributed by atoms with E-state index in [9.17, 15) is 8.42 Å². The van der Waals surface area contributed by atoms with Crippen molar-refractivity contribution in [3.63, 3.8) is 0 Å². The molecule has 4 nitrogen and oxygen atoms in total. The van der Waals surface area contributed by atoms with Gasteiger partial charge in [-0.2, -0.15) is 8.42 Å². The molecule has 0 aliphatic carbocycles. The summed E-state index contributed by atoms with van der Waals surface area (Å²) in [6.07, 6.45) is 0.377. The molecule has 0 bridgehead atoms. The summed E-state index contributed by atoms with van der Waals surface area (Å²) in [6, 6.07) is 0. The van der Waals surface area contributed by atoms with E-state index in [2.05, 4.69) is 0 Å². The number of hydrogen-bond acceptors (Lipinski definition) is 3. The normalized spacial score (nSPS) is 10.9. The molecule has 0 saturated heterocycles. The summed E-state index contributed by atoms with van der Waals surface area (Å²) >= 11 is 0. The van der Waals surface area contributed by atoms with Gasteiger partial charge in [0.2, 0.25) is 0 Å². The van der Waals surface area contributed by atoms with Crippen LogP contribution in [-0.2, 0) is 14.5 Å². The second kappa shape index (κ2) is 7.38. The minimum absolute atomic E-state index is 0. The summed E-state index contributed by atoms with van der Waals surface area (Å²) in [6.45, 7) is 0.423. The Hall–Kier alpha value is 1.72. The second-order valence-corrected chi connectivity index (χ2v) is 3.78. The first-order chi connectivity index (χ1) is 4.06. The van der Waals surface area contributed by atoms with Crippen molar-refractivity contribution in [3.05, 3.63) is 0 Å². The zero-order chi connectivity index (χ0) is 7.33. The molecule has 0 aromatic heterocycles. The van der Waals surface area contributed by atoms with Crippen LogP contribution in [0, 0.1) is 0 Å². The predicted octanol–water partition coefficient (Wildman–Crippen LogP) is -2.09. The van der Waals surface area contributed by atoms with Gasteiger partial charge in [-0.25, -0.2) is 0 Å². The summed E-state index contributed by atoms with van der Waals surface area (Å²) in [5.74, 6) is -0.199. The maximum absolute atomic E-state index is 10.0. The van der Waals surface area contributed by atoms with Crippen LogP contribution in [0.1, 0.15) is 6.42 Å². The molecule has 0 aromatic rings. The number of rotatable bonds is 4. The molecule has 0 spiro atoms. The fraction of sp³-hybridized carbons (Fsp3) is 1.00. The van der Waals surface area contributed by atoms with Gasteiger partial charge < -0.3 is 4.43 Å². The van der Waals surface area contributed by atoms with Crippen LogP contribution in [0.2, 0.25) is 0 Å². The standard InChI is InChI=1S/C3H10O4SSi.K.H/c4-8(5,6)3-1-2-7-9;;/h1-3H2,9H3,(H,4,5,6);;. The molecule has 0 saturated carbocycles. The van der Waals surface area contributed by atoms with Crippen molar-refractivity contribution >= 4 is 72.0 Å². The number of hydrogen-bond donors (Lipinski definition) is 1. The molecule has 1 N–H and O–H groups in total. The maximum atomic E-state index is 10.0. The fourth-order valence-electron chi connectivity index (χ4n) is 0.386. The third kappa shape index (κ3) is 12.4. The average molecular weight is 210 g/mol. The van der Waals surface area contributed by atoms with Crippen molar-refractivity contribution in [2.45, 2.75) is 6.42 Å². The van der Waals surface area contributed by atoms with Crippen molar-refractivity contribution in [1.82, 2.24) is 0 Å². The van der Waals surface area contributed by atoms with Crippen LogP contribution in [0.25, 0.3) is 0 Å². The Bertz CT molecular complexity index is 156. The molecule has 7 heteroatoms. The van der Waals surface area contributed by atoms with Crippen molar-refractivity contribution in [3.8, 4) is 0 Å². The van der Waals surface area contributed by atoms with Crippen molar-refractivity contribution in [2.75, 3.05) is 12.4 Å². The Labute approximate surface area is 106 Å². The second-order valence-electron chi connectivity index (χ2n) is 1.63. The van der Waals surface area contributed by atoms with Gasteiger partial charge in [0.15, 0.2) is 0 Å². The molecule has 0 unspecified atom stereocenters. The SMILES string of the molecule is O=S(=O)(O)CCCO[SiH3].[KH]. The first-order valence-electron chi connectivity index (χ1n) is 2.50. The molecule has 0 aliphatic heterocycles. The average Bonchev–Trinajstić information content (AvgIpc) is 1.63. The van der Waals surface area contributed by atoms with Crippen LogP contribution >= 0.6 is 0 Å². The van der Waals surface area contributed by atoms with E-state index < -0.39 is 10.1 Å². The summed E-state index contributed by atoms with van der Waals surface area (Å²) in [7, 11) is -3.15. The molecule has 0 aromatic carbocycles. The van der Waals surface area contributed by atoms with Crippen LogP contribution in [0.15, 0.2) is 0 Å². The van der Waals surface area contributed by atoms with E-state index in [1.807, 2.05) is 0 Å². The molecule has 0 aliphatic rings. The summed E-state index contributed by atoms with van der Waals surface area (Å²) in [5.41, 5.74) is 0. The van der Waals surface area contributed by atoms with E-state index in [0.29, 0.717) is 23.5 Å². The van der Waals surface area contributed by atoms with Gasteiger partial charge in [-0.3, -0.25) is 4.55 Å². The summed E-state index contributed by atoms with van der Waals surface area (Å²) in [4.78, 5) is 0. The first kappa shape index (κ1) is 14.3. The van der Waals surface area contributed by atoms with Gasteiger partial charge in [-0.05, 0) is 6.42 Å². The quantitative estimate of drug-likeness (QED) is 0.328. The Kier molecular flexibility index (Phi) is 10.5. The van der Waals surface area contributed by atoms with Crippen LogP contribution in [0.3, 0.4) is 0 Å². The zero-order valence-electron chi connectivity index (χ0n) is 5.20. The molecule has 0 radical (unpaired) electrons. The van der Waals surface area contributed by atoms with E-state index in [1.54, 1.807) is 0 Å². The van der Waals surface area contributed by atoms with Gasteiger partial charge in [0, 0.05) is 6.61 Å². The Morgan fingerprint density at radius 2 is 2.00 bits per heavy atom. The Morgan fingerprint density at radius 1 is 1.50 bits per heavy atom. The molecule has 0 heterocycles. The van der Waals surface area contributed by atoms with Crippen LogP contribution in [-0.4, -0.2) is 87.2 Å². The van der Waals surface area contributed by atoms with Crippen LogP contribution < -0.4 is 0 Å². The summed E-state index contributed by atoms with van der Waals surface area (Å²) in [5, 5.41) is 0. The van der Waals surface area contributed by atoms with Gasteiger partial charge in [0.1, 0.15) is 10.5 Å². The molecular formula is C3H11KO4SSi. The van der Waals surface area contributed by atoms with E-state index in [0.717, 1.165) is 0 Å². The van der Waals surface area contributed by atoms with E-state index in [4.69, 9.17) is 8.98 Å². The molecule has 0 fully saturated rings. The van der Waals surface area contributed by atoms with Crippen molar-refractivity contribution in [1.29, 1.82) is 0 Å². The van der Waals surface area contributed by atoms with Crippen LogP contribution in [0.5, 0.6) is 0 Å². The third-order valence-electron chi connectivity index (χ3n) is 0.751. The topological polar surface area (TPSA) is 63.6 Å². The van der Waals surface area contributed by atoms with E-state index in [-0.39, 0.29) is 57.1 Å². The third-order valence-corrected chi connectivity index (χ3v) is 1.96.